The van der Waals surface area contributed by atoms with Crippen molar-refractivity contribution in [3.8, 4) is 0 Å². The third-order valence-corrected chi connectivity index (χ3v) is 3.79. The fourth-order valence-electron chi connectivity index (χ4n) is 2.29. The van der Waals surface area contributed by atoms with Crippen LogP contribution >= 0.6 is 11.6 Å². The summed E-state index contributed by atoms with van der Waals surface area (Å²) < 4.78 is 13.0. The van der Waals surface area contributed by atoms with Crippen molar-refractivity contribution in [2.75, 3.05) is 18.4 Å². The van der Waals surface area contributed by atoms with E-state index in [0.717, 1.165) is 25.9 Å². The molecule has 1 amide bonds. The first-order valence-corrected chi connectivity index (χ1v) is 6.95. The van der Waals surface area contributed by atoms with Gasteiger partial charge in [0.2, 0.25) is 5.91 Å². The van der Waals surface area contributed by atoms with Crippen LogP contribution in [0.2, 0.25) is 5.02 Å². The average molecular weight is 285 g/mol. The fourth-order valence-corrected chi connectivity index (χ4v) is 2.47. The summed E-state index contributed by atoms with van der Waals surface area (Å²) in [5.74, 6) is -0.562. The maximum absolute atomic E-state index is 13.0. The number of benzene rings is 1. The molecule has 19 heavy (non-hydrogen) atoms. The van der Waals surface area contributed by atoms with Crippen LogP contribution in [0.1, 0.15) is 26.2 Å². The Bertz CT molecular complexity index is 461. The Balaban J connectivity index is 1.97. The molecule has 0 aromatic heterocycles. The first kappa shape index (κ1) is 14.3. The molecule has 1 aromatic rings. The molecule has 5 heteroatoms. The van der Waals surface area contributed by atoms with Gasteiger partial charge in [0.15, 0.2) is 0 Å². The molecule has 1 aliphatic rings. The summed E-state index contributed by atoms with van der Waals surface area (Å²) in [6.07, 6.45) is 3.51. The molecule has 0 spiro atoms. The standard InChI is InChI=1S/C14H18ClFN2O/c1-10(18-7-3-2-4-8-18)14(19)17-11-5-6-13(16)12(15)9-11/h5-6,9-10H,2-4,7-8H2,1H3,(H,17,19)/t10-/m0/s1. The van der Waals surface area contributed by atoms with Gasteiger partial charge in [-0.05, 0) is 51.1 Å². The molecule has 1 N–H and O–H groups in total. The number of carbonyl (C=O) groups is 1. The number of rotatable bonds is 3. The van der Waals surface area contributed by atoms with E-state index >= 15 is 0 Å². The number of likely N-dealkylation sites (tertiary alicyclic amines) is 1. The molecule has 0 bridgehead atoms. The molecule has 0 aliphatic carbocycles. The van der Waals surface area contributed by atoms with Crippen molar-refractivity contribution in [1.82, 2.24) is 4.90 Å². The van der Waals surface area contributed by atoms with Crippen molar-refractivity contribution in [2.24, 2.45) is 0 Å². The molecule has 1 aliphatic heterocycles. The number of hydrogen-bond donors (Lipinski definition) is 1. The third kappa shape index (κ3) is 3.67. The highest BCUT2D eigenvalue weighted by Gasteiger charge is 2.22. The molecular weight excluding hydrogens is 267 g/mol. The zero-order valence-corrected chi connectivity index (χ0v) is 11.7. The van der Waals surface area contributed by atoms with Crippen LogP contribution < -0.4 is 5.32 Å². The van der Waals surface area contributed by atoms with E-state index in [-0.39, 0.29) is 17.0 Å². The van der Waals surface area contributed by atoms with Gasteiger partial charge in [0.25, 0.3) is 0 Å². The number of carbonyl (C=O) groups excluding carboxylic acids is 1. The number of hydrogen-bond acceptors (Lipinski definition) is 2. The van der Waals surface area contributed by atoms with Gasteiger partial charge < -0.3 is 5.32 Å². The van der Waals surface area contributed by atoms with Crippen molar-refractivity contribution in [2.45, 2.75) is 32.2 Å². The number of nitrogens with zero attached hydrogens (tertiary/aromatic N) is 1. The second kappa shape index (κ2) is 6.35. The van der Waals surface area contributed by atoms with Crippen molar-refractivity contribution in [3.05, 3.63) is 29.0 Å². The lowest BCUT2D eigenvalue weighted by atomic mass is 10.1. The molecule has 104 valence electrons. The van der Waals surface area contributed by atoms with Crippen LogP contribution in [-0.2, 0) is 4.79 Å². The van der Waals surface area contributed by atoms with E-state index in [9.17, 15) is 9.18 Å². The van der Waals surface area contributed by atoms with Gasteiger partial charge >= 0.3 is 0 Å². The summed E-state index contributed by atoms with van der Waals surface area (Å²) in [6.45, 7) is 3.81. The Morgan fingerprint density at radius 1 is 1.37 bits per heavy atom. The lowest BCUT2D eigenvalue weighted by Gasteiger charge is -2.31. The van der Waals surface area contributed by atoms with Crippen LogP contribution in [0.15, 0.2) is 18.2 Å². The van der Waals surface area contributed by atoms with E-state index in [1.165, 1.54) is 24.6 Å². The molecule has 0 radical (unpaired) electrons. The molecule has 0 saturated carbocycles. The number of halogens is 2. The summed E-state index contributed by atoms with van der Waals surface area (Å²) in [7, 11) is 0. The van der Waals surface area contributed by atoms with Crippen molar-refractivity contribution >= 4 is 23.2 Å². The summed E-state index contributed by atoms with van der Waals surface area (Å²) >= 11 is 5.69. The summed E-state index contributed by atoms with van der Waals surface area (Å²) in [5, 5.41) is 2.79. The zero-order valence-electron chi connectivity index (χ0n) is 11.0. The van der Waals surface area contributed by atoms with Crippen LogP contribution in [-0.4, -0.2) is 29.9 Å². The van der Waals surface area contributed by atoms with E-state index in [4.69, 9.17) is 11.6 Å². The maximum Gasteiger partial charge on any atom is 0.241 e. The van der Waals surface area contributed by atoms with Crippen molar-refractivity contribution in [3.63, 3.8) is 0 Å². The van der Waals surface area contributed by atoms with Crippen LogP contribution in [0.25, 0.3) is 0 Å². The molecule has 1 fully saturated rings. The zero-order chi connectivity index (χ0) is 13.8. The largest absolute Gasteiger partial charge is 0.325 e. The average Bonchev–Trinajstić information content (AvgIpc) is 2.43. The van der Waals surface area contributed by atoms with Gasteiger partial charge in [-0.15, -0.1) is 0 Å². The van der Waals surface area contributed by atoms with E-state index in [1.807, 2.05) is 6.92 Å². The SMILES string of the molecule is C[C@@H](C(=O)Nc1ccc(F)c(Cl)c1)N1CCCCC1. The normalized spacial score (nSPS) is 18.1. The van der Waals surface area contributed by atoms with Crippen LogP contribution in [0.5, 0.6) is 0 Å². The lowest BCUT2D eigenvalue weighted by molar-refractivity contribution is -0.121. The van der Waals surface area contributed by atoms with Gasteiger partial charge in [-0.3, -0.25) is 9.69 Å². The second-order valence-electron chi connectivity index (χ2n) is 4.89. The van der Waals surface area contributed by atoms with Gasteiger partial charge in [-0.25, -0.2) is 4.39 Å². The number of piperidine rings is 1. The van der Waals surface area contributed by atoms with E-state index < -0.39 is 5.82 Å². The Morgan fingerprint density at radius 2 is 2.05 bits per heavy atom. The Labute approximate surface area is 117 Å². The smallest absolute Gasteiger partial charge is 0.241 e. The molecule has 1 saturated heterocycles. The quantitative estimate of drug-likeness (QED) is 0.924. The van der Waals surface area contributed by atoms with Gasteiger partial charge in [-0.1, -0.05) is 18.0 Å². The monoisotopic (exact) mass is 284 g/mol. The Hall–Kier alpha value is -1.13. The van der Waals surface area contributed by atoms with Gasteiger partial charge in [0, 0.05) is 5.69 Å². The summed E-state index contributed by atoms with van der Waals surface area (Å²) in [4.78, 5) is 14.3. The van der Waals surface area contributed by atoms with E-state index in [1.54, 1.807) is 0 Å². The Kier molecular flexibility index (Phi) is 4.77. The minimum absolute atomic E-state index is 0.0171. The van der Waals surface area contributed by atoms with Crippen LogP contribution in [0, 0.1) is 5.82 Å². The summed E-state index contributed by atoms with van der Waals surface area (Å²) in [6, 6.07) is 4.02. The molecular formula is C14H18ClFN2O. The molecule has 1 aromatic carbocycles. The fraction of sp³-hybridized carbons (Fsp3) is 0.500. The van der Waals surface area contributed by atoms with Gasteiger partial charge in [0.1, 0.15) is 5.82 Å². The minimum Gasteiger partial charge on any atom is -0.325 e. The first-order chi connectivity index (χ1) is 9.08. The predicted octanol–water partition coefficient (Wildman–Crippen LogP) is 3.29. The van der Waals surface area contributed by atoms with Gasteiger partial charge in [0.05, 0.1) is 11.1 Å². The Morgan fingerprint density at radius 3 is 2.68 bits per heavy atom. The van der Waals surface area contributed by atoms with Crippen LogP contribution in [0.3, 0.4) is 0 Å². The van der Waals surface area contributed by atoms with E-state index in [0.29, 0.717) is 5.69 Å². The number of amides is 1. The topological polar surface area (TPSA) is 32.3 Å². The molecule has 2 rings (SSSR count). The summed E-state index contributed by atoms with van der Waals surface area (Å²) in [5.41, 5.74) is 0.528. The highest BCUT2D eigenvalue weighted by Crippen LogP contribution is 2.20. The molecule has 3 nitrogen and oxygen atoms in total. The predicted molar refractivity (Wildman–Crippen MR) is 74.9 cm³/mol. The highest BCUT2D eigenvalue weighted by atomic mass is 35.5. The molecule has 1 heterocycles. The first-order valence-electron chi connectivity index (χ1n) is 6.58. The third-order valence-electron chi connectivity index (χ3n) is 3.50. The minimum atomic E-state index is -0.483. The number of anilines is 1. The lowest BCUT2D eigenvalue weighted by Crippen LogP contribution is -2.44. The highest BCUT2D eigenvalue weighted by molar-refractivity contribution is 6.31. The van der Waals surface area contributed by atoms with E-state index in [2.05, 4.69) is 10.2 Å². The van der Waals surface area contributed by atoms with Crippen molar-refractivity contribution in [1.29, 1.82) is 0 Å². The molecule has 0 unspecified atom stereocenters. The second-order valence-corrected chi connectivity index (χ2v) is 5.30. The van der Waals surface area contributed by atoms with Crippen molar-refractivity contribution < 1.29 is 9.18 Å². The van der Waals surface area contributed by atoms with Gasteiger partial charge in [-0.2, -0.15) is 0 Å². The maximum atomic E-state index is 13.0. The van der Waals surface area contributed by atoms with Crippen LogP contribution in [0.4, 0.5) is 10.1 Å². The molecule has 1 atom stereocenters. The number of nitrogens with one attached hydrogen (secondary N) is 1.